The number of rotatable bonds is 10. The second-order valence-corrected chi connectivity index (χ2v) is 10.8. The summed E-state index contributed by atoms with van der Waals surface area (Å²) in [6.45, 7) is 1.83. The predicted molar refractivity (Wildman–Crippen MR) is 150 cm³/mol. The monoisotopic (exact) mass is 550 g/mol. The Morgan fingerprint density at radius 3 is 2.24 bits per heavy atom. The lowest BCUT2D eigenvalue weighted by atomic mass is 10.2. The van der Waals surface area contributed by atoms with Gasteiger partial charge in [0.25, 0.3) is 15.9 Å². The van der Waals surface area contributed by atoms with Crippen LogP contribution in [0.1, 0.15) is 11.1 Å². The summed E-state index contributed by atoms with van der Waals surface area (Å²) in [6, 6.07) is 27.6. The molecule has 0 unspecified atom stereocenters. The molecule has 4 aromatic rings. The third-order valence-electron chi connectivity index (χ3n) is 5.71. The highest BCUT2D eigenvalue weighted by Gasteiger charge is 2.25. The molecule has 0 fully saturated rings. The normalized spacial score (nSPS) is 11.0. The van der Waals surface area contributed by atoms with Crippen LogP contribution >= 0.6 is 11.6 Å². The molecule has 0 heterocycles. The Labute approximate surface area is 227 Å². The van der Waals surface area contributed by atoms with Crippen molar-refractivity contribution in [3.63, 3.8) is 0 Å². The maximum Gasteiger partial charge on any atom is 0.264 e. The Kier molecular flexibility index (Phi) is 8.55. The summed E-state index contributed by atoms with van der Waals surface area (Å²) in [5, 5.41) is 3.09. The first kappa shape index (κ1) is 27.0. The molecular formula is C29H27ClN2O5S. The molecule has 38 heavy (non-hydrogen) atoms. The minimum absolute atomic E-state index is 0.157. The van der Waals surface area contributed by atoms with Crippen LogP contribution in [0.5, 0.6) is 11.5 Å². The zero-order valence-electron chi connectivity index (χ0n) is 20.9. The quantitative estimate of drug-likeness (QED) is 0.259. The number of halogens is 1. The van der Waals surface area contributed by atoms with E-state index >= 15 is 0 Å². The van der Waals surface area contributed by atoms with Crippen molar-refractivity contribution in [1.82, 2.24) is 0 Å². The Balaban J connectivity index is 1.48. The van der Waals surface area contributed by atoms with Crippen molar-refractivity contribution >= 4 is 38.9 Å². The molecule has 1 amide bonds. The summed E-state index contributed by atoms with van der Waals surface area (Å²) < 4.78 is 39.3. The molecule has 0 spiro atoms. The summed E-state index contributed by atoms with van der Waals surface area (Å²) in [7, 11) is -2.33. The summed E-state index contributed by atoms with van der Waals surface area (Å²) in [6.07, 6.45) is 0. The van der Waals surface area contributed by atoms with Crippen LogP contribution in [0.3, 0.4) is 0 Å². The lowest BCUT2D eigenvalue weighted by Crippen LogP contribution is -2.30. The van der Waals surface area contributed by atoms with Crippen LogP contribution in [0.4, 0.5) is 11.4 Å². The number of hydrogen-bond donors (Lipinski definition) is 1. The van der Waals surface area contributed by atoms with Gasteiger partial charge in [0.05, 0.1) is 29.3 Å². The van der Waals surface area contributed by atoms with E-state index in [1.54, 1.807) is 66.7 Å². The molecular weight excluding hydrogens is 524 g/mol. The van der Waals surface area contributed by atoms with E-state index in [0.717, 1.165) is 11.1 Å². The van der Waals surface area contributed by atoms with Gasteiger partial charge >= 0.3 is 0 Å². The zero-order chi connectivity index (χ0) is 27.1. The molecule has 0 atom stereocenters. The summed E-state index contributed by atoms with van der Waals surface area (Å²) in [5.74, 6) is 0.554. The largest absolute Gasteiger partial charge is 0.495 e. The average Bonchev–Trinajstić information content (AvgIpc) is 2.92. The van der Waals surface area contributed by atoms with E-state index in [1.807, 2.05) is 37.3 Å². The van der Waals surface area contributed by atoms with E-state index < -0.39 is 10.0 Å². The molecule has 196 valence electrons. The molecule has 0 aromatic heterocycles. The Morgan fingerprint density at radius 2 is 1.61 bits per heavy atom. The predicted octanol–water partition coefficient (Wildman–Crippen LogP) is 6.07. The van der Waals surface area contributed by atoms with E-state index in [-0.39, 0.29) is 24.0 Å². The van der Waals surface area contributed by atoms with Crippen molar-refractivity contribution in [1.29, 1.82) is 0 Å². The summed E-state index contributed by atoms with van der Waals surface area (Å²) in [4.78, 5) is 12.5. The first-order valence-electron chi connectivity index (χ1n) is 11.8. The molecule has 0 aliphatic rings. The van der Waals surface area contributed by atoms with Gasteiger partial charge in [0.2, 0.25) is 0 Å². The summed E-state index contributed by atoms with van der Waals surface area (Å²) in [5.41, 5.74) is 2.80. The van der Waals surface area contributed by atoms with Crippen LogP contribution in [0, 0.1) is 6.92 Å². The van der Waals surface area contributed by atoms with Gasteiger partial charge in [-0.1, -0.05) is 59.6 Å². The number of methoxy groups -OCH3 is 1. The minimum Gasteiger partial charge on any atom is -0.495 e. The average molecular weight is 551 g/mol. The van der Waals surface area contributed by atoms with Crippen LogP contribution in [-0.4, -0.2) is 28.0 Å². The van der Waals surface area contributed by atoms with Crippen molar-refractivity contribution in [3.8, 4) is 11.5 Å². The Morgan fingerprint density at radius 1 is 0.921 bits per heavy atom. The molecule has 0 aliphatic heterocycles. The number of nitrogens with zero attached hydrogens (tertiary/aromatic N) is 1. The first-order chi connectivity index (χ1) is 18.3. The molecule has 1 N–H and O–H groups in total. The van der Waals surface area contributed by atoms with Gasteiger partial charge in [0.15, 0.2) is 6.61 Å². The van der Waals surface area contributed by atoms with Crippen molar-refractivity contribution in [2.75, 3.05) is 23.3 Å². The second kappa shape index (κ2) is 12.0. The number of carbonyl (C=O) groups excluding carboxylic acids is 1. The molecule has 0 saturated carbocycles. The van der Waals surface area contributed by atoms with E-state index in [1.165, 1.54) is 11.4 Å². The third-order valence-corrected chi connectivity index (χ3v) is 7.79. The van der Waals surface area contributed by atoms with Crippen LogP contribution in [0.15, 0.2) is 102 Å². The van der Waals surface area contributed by atoms with Crippen molar-refractivity contribution in [2.45, 2.75) is 18.4 Å². The molecule has 0 bridgehead atoms. The number of ether oxygens (including phenoxy) is 2. The van der Waals surface area contributed by atoms with Gasteiger partial charge in [-0.3, -0.25) is 9.10 Å². The Hall–Kier alpha value is -4.01. The van der Waals surface area contributed by atoms with Crippen molar-refractivity contribution < 1.29 is 22.7 Å². The van der Waals surface area contributed by atoms with Gasteiger partial charge < -0.3 is 14.8 Å². The Bertz CT molecular complexity index is 1490. The van der Waals surface area contributed by atoms with Gasteiger partial charge in [0.1, 0.15) is 11.5 Å². The van der Waals surface area contributed by atoms with Crippen LogP contribution < -0.4 is 19.1 Å². The van der Waals surface area contributed by atoms with E-state index in [0.29, 0.717) is 27.9 Å². The van der Waals surface area contributed by atoms with Crippen LogP contribution in [-0.2, 0) is 21.4 Å². The topological polar surface area (TPSA) is 84.9 Å². The van der Waals surface area contributed by atoms with E-state index in [9.17, 15) is 13.2 Å². The van der Waals surface area contributed by atoms with Gasteiger partial charge in [-0.05, 0) is 67.1 Å². The second-order valence-electron chi connectivity index (χ2n) is 8.49. The van der Waals surface area contributed by atoms with Crippen molar-refractivity contribution in [2.24, 2.45) is 0 Å². The van der Waals surface area contributed by atoms with Crippen LogP contribution in [0.2, 0.25) is 5.02 Å². The first-order valence-corrected chi connectivity index (χ1v) is 13.6. The highest BCUT2D eigenvalue weighted by atomic mass is 35.5. The molecule has 0 radical (unpaired) electrons. The lowest BCUT2D eigenvalue weighted by molar-refractivity contribution is -0.118. The van der Waals surface area contributed by atoms with Gasteiger partial charge in [-0.2, -0.15) is 0 Å². The highest BCUT2D eigenvalue weighted by molar-refractivity contribution is 7.92. The number of sulfonamides is 1. The highest BCUT2D eigenvalue weighted by Crippen LogP contribution is 2.29. The minimum atomic E-state index is -3.84. The SMILES string of the molecule is COc1ccc(NC(=O)COc2ccc(N(Cc3ccccc3)S(=O)(=O)c3ccc(C)cc3)cc2)cc1Cl. The van der Waals surface area contributed by atoms with Gasteiger partial charge in [-0.15, -0.1) is 0 Å². The molecule has 7 nitrogen and oxygen atoms in total. The zero-order valence-corrected chi connectivity index (χ0v) is 22.5. The molecule has 4 aromatic carbocycles. The number of amides is 1. The molecule has 9 heteroatoms. The fraction of sp³-hybridized carbons (Fsp3) is 0.138. The number of nitrogens with one attached hydrogen (secondary N) is 1. The smallest absolute Gasteiger partial charge is 0.264 e. The maximum atomic E-state index is 13.6. The lowest BCUT2D eigenvalue weighted by Gasteiger charge is -2.25. The fourth-order valence-electron chi connectivity index (χ4n) is 3.70. The van der Waals surface area contributed by atoms with E-state index in [4.69, 9.17) is 21.1 Å². The number of carbonyl (C=O) groups is 1. The number of anilines is 2. The number of aryl methyl sites for hydroxylation is 1. The maximum absolute atomic E-state index is 13.6. The van der Waals surface area contributed by atoms with Crippen molar-refractivity contribution in [3.05, 3.63) is 113 Å². The number of benzene rings is 4. The molecule has 0 saturated heterocycles. The molecule has 4 rings (SSSR count). The standard InChI is InChI=1S/C29H27ClN2O5S/c1-21-8-15-26(16-9-21)38(34,35)32(19-22-6-4-3-5-7-22)24-11-13-25(14-12-24)37-20-29(33)31-23-10-17-28(36-2)27(30)18-23/h3-18H,19-20H2,1-2H3,(H,31,33). The summed E-state index contributed by atoms with van der Waals surface area (Å²) >= 11 is 6.10. The number of hydrogen-bond acceptors (Lipinski definition) is 5. The van der Waals surface area contributed by atoms with Crippen LogP contribution in [0.25, 0.3) is 0 Å². The third kappa shape index (κ3) is 6.65. The fourth-order valence-corrected chi connectivity index (χ4v) is 5.41. The molecule has 0 aliphatic carbocycles. The van der Waals surface area contributed by atoms with Gasteiger partial charge in [0, 0.05) is 5.69 Å². The van der Waals surface area contributed by atoms with Gasteiger partial charge in [-0.25, -0.2) is 8.42 Å². The van der Waals surface area contributed by atoms with E-state index in [2.05, 4.69) is 5.32 Å².